The Labute approximate surface area is 278 Å². The third kappa shape index (κ3) is 4.11. The van der Waals surface area contributed by atoms with Crippen molar-refractivity contribution in [2.24, 2.45) is 0 Å². The predicted octanol–water partition coefficient (Wildman–Crippen LogP) is 11.7. The van der Waals surface area contributed by atoms with Gasteiger partial charge in [0, 0.05) is 45.1 Å². The molecule has 2 atom stereocenters. The highest BCUT2D eigenvalue weighted by Crippen LogP contribution is 2.53. The number of pyridine rings is 1. The van der Waals surface area contributed by atoms with Gasteiger partial charge in [0.1, 0.15) is 11.2 Å². The Morgan fingerprint density at radius 2 is 1.35 bits per heavy atom. The first-order valence-corrected chi connectivity index (χ1v) is 16.5. The van der Waals surface area contributed by atoms with Gasteiger partial charge in [-0.3, -0.25) is 0 Å². The Balaban J connectivity index is 1.12. The van der Waals surface area contributed by atoms with Crippen molar-refractivity contribution in [1.29, 1.82) is 0 Å². The van der Waals surface area contributed by atoms with E-state index in [2.05, 4.69) is 175 Å². The second-order valence-corrected chi connectivity index (χ2v) is 12.7. The fourth-order valence-electron chi connectivity index (χ4n) is 7.95. The molecule has 1 aliphatic heterocycles. The monoisotopic (exact) mass is 614 g/mol. The molecule has 8 aromatic rings. The van der Waals surface area contributed by atoms with Crippen LogP contribution in [0.2, 0.25) is 0 Å². The van der Waals surface area contributed by atoms with Crippen LogP contribution in [0.5, 0.6) is 0 Å². The van der Waals surface area contributed by atoms with Crippen LogP contribution in [0.15, 0.2) is 174 Å². The zero-order chi connectivity index (χ0) is 31.6. The zero-order valence-corrected chi connectivity index (χ0v) is 26.1. The fraction of sp³-hybridized carbons (Fsp3) is 0.0444. The Bertz CT molecular complexity index is 2580. The molecule has 3 heteroatoms. The minimum atomic E-state index is 0.165. The van der Waals surface area contributed by atoms with Crippen LogP contribution in [0.3, 0.4) is 0 Å². The summed E-state index contributed by atoms with van der Waals surface area (Å²) < 4.78 is 6.65. The van der Waals surface area contributed by atoms with Crippen molar-refractivity contribution in [1.82, 2.24) is 4.98 Å². The second kappa shape index (κ2) is 10.7. The van der Waals surface area contributed by atoms with Gasteiger partial charge in [-0.2, -0.15) is 0 Å². The molecule has 0 amide bonds. The van der Waals surface area contributed by atoms with Crippen LogP contribution in [-0.4, -0.2) is 11.0 Å². The first-order chi connectivity index (χ1) is 23.8. The van der Waals surface area contributed by atoms with Crippen molar-refractivity contribution in [3.05, 3.63) is 181 Å². The molecule has 3 heterocycles. The quantitative estimate of drug-likeness (QED) is 0.197. The highest BCUT2D eigenvalue weighted by Gasteiger charge is 2.41. The Morgan fingerprint density at radius 1 is 0.583 bits per heavy atom. The Hall–Kier alpha value is -6.19. The molecule has 1 aliphatic carbocycles. The van der Waals surface area contributed by atoms with E-state index >= 15 is 0 Å². The predicted molar refractivity (Wildman–Crippen MR) is 199 cm³/mol. The van der Waals surface area contributed by atoms with Crippen molar-refractivity contribution in [2.45, 2.75) is 12.0 Å². The van der Waals surface area contributed by atoms with Crippen LogP contribution in [0.25, 0.3) is 60.8 Å². The molecule has 0 N–H and O–H groups in total. The molecule has 10 rings (SSSR count). The van der Waals surface area contributed by atoms with E-state index in [0.717, 1.165) is 49.8 Å². The zero-order valence-electron chi connectivity index (χ0n) is 26.1. The number of anilines is 2. The maximum atomic E-state index is 6.65. The maximum Gasteiger partial charge on any atom is 0.137 e. The number of hydrogen-bond donors (Lipinski definition) is 0. The third-order valence-corrected chi connectivity index (χ3v) is 10.0. The number of hydrogen-bond acceptors (Lipinski definition) is 3. The molecule has 0 bridgehead atoms. The molecule has 0 spiro atoms. The summed E-state index contributed by atoms with van der Waals surface area (Å²) in [6.07, 6.45) is 6.84. The summed E-state index contributed by atoms with van der Waals surface area (Å²) in [5.74, 6) is 0.240. The van der Waals surface area contributed by atoms with E-state index in [9.17, 15) is 0 Å². The molecular formula is C45H30N2O. The molecule has 2 unspecified atom stereocenters. The highest BCUT2D eigenvalue weighted by atomic mass is 16.3. The first kappa shape index (κ1) is 27.0. The lowest BCUT2D eigenvalue weighted by Gasteiger charge is -2.31. The minimum Gasteiger partial charge on any atom is -0.456 e. The molecular weight excluding hydrogens is 585 g/mol. The Kier molecular flexibility index (Phi) is 6.00. The van der Waals surface area contributed by atoms with E-state index in [0.29, 0.717) is 0 Å². The van der Waals surface area contributed by atoms with Crippen molar-refractivity contribution >= 4 is 49.8 Å². The van der Waals surface area contributed by atoms with Crippen LogP contribution in [0.4, 0.5) is 11.4 Å². The smallest absolute Gasteiger partial charge is 0.137 e. The van der Waals surface area contributed by atoms with E-state index in [1.807, 2.05) is 0 Å². The van der Waals surface area contributed by atoms with E-state index < -0.39 is 0 Å². The molecule has 0 saturated heterocycles. The molecule has 0 radical (unpaired) electrons. The molecule has 6 aromatic carbocycles. The van der Waals surface area contributed by atoms with Crippen LogP contribution in [0.1, 0.15) is 17.0 Å². The maximum absolute atomic E-state index is 6.65. The summed E-state index contributed by atoms with van der Waals surface area (Å²) >= 11 is 0. The largest absolute Gasteiger partial charge is 0.456 e. The minimum absolute atomic E-state index is 0.165. The lowest BCUT2D eigenvalue weighted by molar-refractivity contribution is 0.668. The van der Waals surface area contributed by atoms with Crippen LogP contribution in [0, 0.1) is 0 Å². The number of rotatable bonds is 4. The number of para-hydroxylation sites is 2. The van der Waals surface area contributed by atoms with Gasteiger partial charge in [0.05, 0.1) is 17.3 Å². The normalized spacial score (nSPS) is 16.8. The van der Waals surface area contributed by atoms with E-state index in [1.54, 1.807) is 0 Å². The first-order valence-electron chi connectivity index (χ1n) is 16.5. The van der Waals surface area contributed by atoms with Gasteiger partial charge < -0.3 is 9.32 Å². The topological polar surface area (TPSA) is 29.3 Å². The lowest BCUT2D eigenvalue weighted by atomic mass is 9.81. The number of fused-ring (bicyclic) bond motifs is 7. The highest BCUT2D eigenvalue weighted by molar-refractivity contribution is 6.13. The summed E-state index contributed by atoms with van der Waals surface area (Å²) in [4.78, 5) is 7.67. The molecule has 2 aromatic heterocycles. The van der Waals surface area contributed by atoms with Crippen LogP contribution in [-0.2, 0) is 0 Å². The van der Waals surface area contributed by atoms with Crippen molar-refractivity contribution in [3.63, 3.8) is 0 Å². The lowest BCUT2D eigenvalue weighted by Crippen LogP contribution is -2.30. The number of nitrogens with zero attached hydrogens (tertiary/aromatic N) is 2. The van der Waals surface area contributed by atoms with E-state index in [-0.39, 0.29) is 12.0 Å². The summed E-state index contributed by atoms with van der Waals surface area (Å²) in [7, 11) is 0. The summed E-state index contributed by atoms with van der Waals surface area (Å²) in [5.41, 5.74) is 13.4. The average molecular weight is 615 g/mol. The molecule has 3 nitrogen and oxygen atoms in total. The van der Waals surface area contributed by atoms with Crippen LogP contribution >= 0.6 is 0 Å². The average Bonchev–Trinajstić information content (AvgIpc) is 3.70. The SMILES string of the molecule is C1=CC2C(C(c3ccccc3)=C1)c1ccccc1N2c1ccc2c(c1)oc1cccc(-c3cc(-c4ccccc4)c4ccccc4n3)c12. The van der Waals surface area contributed by atoms with Crippen LogP contribution < -0.4 is 4.90 Å². The fourth-order valence-corrected chi connectivity index (χ4v) is 7.95. The standard InChI is InChI=1S/C45H30N2O/c1-3-13-29(14-4-1)32-19-11-23-41-44(32)35-18-8-10-22-40(35)47(41)31-25-26-36-43(27-31)48-42-24-12-20-34(45(36)42)39-28-37(30-15-5-2-6-16-30)33-17-7-9-21-38(33)46-39/h1-28,41,44H. The van der Waals surface area contributed by atoms with Crippen molar-refractivity contribution in [3.8, 4) is 22.4 Å². The number of allylic oxidation sites excluding steroid dienone is 2. The van der Waals surface area contributed by atoms with Gasteiger partial charge in [-0.1, -0.05) is 127 Å². The van der Waals surface area contributed by atoms with E-state index in [4.69, 9.17) is 9.40 Å². The van der Waals surface area contributed by atoms with Gasteiger partial charge in [-0.05, 0) is 64.2 Å². The molecule has 2 aliphatic rings. The van der Waals surface area contributed by atoms with E-state index in [1.165, 1.54) is 33.5 Å². The van der Waals surface area contributed by atoms with Gasteiger partial charge in [0.2, 0.25) is 0 Å². The third-order valence-electron chi connectivity index (χ3n) is 10.0. The van der Waals surface area contributed by atoms with Gasteiger partial charge in [0.25, 0.3) is 0 Å². The molecule has 226 valence electrons. The van der Waals surface area contributed by atoms with Gasteiger partial charge in [0.15, 0.2) is 0 Å². The van der Waals surface area contributed by atoms with Gasteiger partial charge in [-0.15, -0.1) is 0 Å². The van der Waals surface area contributed by atoms with Crippen molar-refractivity contribution in [2.75, 3.05) is 4.90 Å². The second-order valence-electron chi connectivity index (χ2n) is 12.7. The molecule has 48 heavy (non-hydrogen) atoms. The van der Waals surface area contributed by atoms with Crippen molar-refractivity contribution < 1.29 is 4.42 Å². The Morgan fingerprint density at radius 3 is 2.23 bits per heavy atom. The van der Waals surface area contributed by atoms with Gasteiger partial charge in [-0.25, -0.2) is 4.98 Å². The number of benzene rings is 6. The molecule has 0 fully saturated rings. The number of aromatic nitrogens is 1. The summed E-state index contributed by atoms with van der Waals surface area (Å²) in [6, 6.07) is 54.0. The van der Waals surface area contributed by atoms with Gasteiger partial charge >= 0.3 is 0 Å². The summed E-state index contributed by atoms with van der Waals surface area (Å²) in [5, 5.41) is 3.33. The number of furan rings is 1. The molecule has 0 saturated carbocycles. The summed E-state index contributed by atoms with van der Waals surface area (Å²) in [6.45, 7) is 0.